The van der Waals surface area contributed by atoms with Crippen molar-refractivity contribution in [1.29, 1.82) is 5.26 Å². The molecule has 0 aliphatic carbocycles. The largest absolute Gasteiger partial charge is 0.421 e. The van der Waals surface area contributed by atoms with Gasteiger partial charge >= 0.3 is 6.18 Å². The van der Waals surface area contributed by atoms with Crippen LogP contribution in [0, 0.1) is 11.3 Å². The summed E-state index contributed by atoms with van der Waals surface area (Å²) < 4.78 is 39.9. The van der Waals surface area contributed by atoms with E-state index in [1.807, 2.05) is 6.07 Å². The molecular weight excluding hydrogens is 351 g/mol. The van der Waals surface area contributed by atoms with E-state index in [0.717, 1.165) is 0 Å². The Morgan fingerprint density at radius 1 is 1.35 bits per heavy atom. The molecule has 0 unspecified atom stereocenters. The molecule has 8 nitrogen and oxygen atoms in total. The number of alkyl halides is 3. The lowest BCUT2D eigenvalue weighted by Crippen LogP contribution is -2.12. The third-order valence-electron chi connectivity index (χ3n) is 3.58. The van der Waals surface area contributed by atoms with Crippen LogP contribution in [0.15, 0.2) is 24.4 Å². The predicted molar refractivity (Wildman–Crippen MR) is 86.5 cm³/mol. The molecule has 0 radical (unpaired) electrons. The van der Waals surface area contributed by atoms with Crippen LogP contribution in [0.3, 0.4) is 0 Å². The minimum absolute atomic E-state index is 0.0442. The van der Waals surface area contributed by atoms with Crippen molar-refractivity contribution < 1.29 is 18.3 Å². The number of nitrogens with one attached hydrogen (secondary N) is 2. The highest BCUT2D eigenvalue weighted by atomic mass is 19.4. The number of nitrogens with zero attached hydrogens (tertiary/aromatic N) is 5. The van der Waals surface area contributed by atoms with Gasteiger partial charge in [-0.2, -0.15) is 28.5 Å². The molecule has 0 amide bonds. The van der Waals surface area contributed by atoms with Gasteiger partial charge in [0.25, 0.3) is 0 Å². The first-order chi connectivity index (χ1) is 12.4. The number of aromatic nitrogens is 4. The molecule has 2 aromatic heterocycles. The molecule has 3 N–H and O–H groups in total. The van der Waals surface area contributed by atoms with Crippen LogP contribution in [-0.4, -0.2) is 31.9 Å². The summed E-state index contributed by atoms with van der Waals surface area (Å²) in [6.07, 6.45) is -3.89. The molecule has 1 aromatic carbocycles. The Morgan fingerprint density at radius 2 is 2.12 bits per heavy atom. The van der Waals surface area contributed by atoms with Gasteiger partial charge in [-0.1, -0.05) is 0 Å². The minimum Gasteiger partial charge on any atom is -0.374 e. The van der Waals surface area contributed by atoms with E-state index in [1.54, 1.807) is 18.2 Å². The molecule has 0 aliphatic rings. The molecule has 11 heteroatoms. The molecule has 0 atom stereocenters. The van der Waals surface area contributed by atoms with Gasteiger partial charge in [-0.15, -0.1) is 0 Å². The maximum atomic E-state index is 12.9. The summed E-state index contributed by atoms with van der Waals surface area (Å²) >= 11 is 0. The molecule has 0 saturated carbocycles. The Morgan fingerprint density at radius 3 is 2.73 bits per heavy atom. The third kappa shape index (κ3) is 3.09. The van der Waals surface area contributed by atoms with Gasteiger partial charge in [0.1, 0.15) is 24.2 Å². The van der Waals surface area contributed by atoms with E-state index in [0.29, 0.717) is 22.8 Å². The van der Waals surface area contributed by atoms with Gasteiger partial charge in [0, 0.05) is 24.3 Å². The number of rotatable bonds is 4. The van der Waals surface area contributed by atoms with Crippen molar-refractivity contribution in [3.8, 4) is 6.07 Å². The maximum absolute atomic E-state index is 12.9. The van der Waals surface area contributed by atoms with Gasteiger partial charge in [-0.3, -0.25) is 0 Å². The molecule has 0 bridgehead atoms. The highest BCUT2D eigenvalue weighted by Gasteiger charge is 2.35. The highest BCUT2D eigenvalue weighted by Crippen LogP contribution is 2.34. The van der Waals surface area contributed by atoms with Crippen LogP contribution in [0.5, 0.6) is 0 Å². The van der Waals surface area contributed by atoms with Gasteiger partial charge < -0.3 is 15.7 Å². The first-order valence-corrected chi connectivity index (χ1v) is 7.28. The highest BCUT2D eigenvalue weighted by molar-refractivity contribution is 5.87. The lowest BCUT2D eigenvalue weighted by Gasteiger charge is -2.13. The number of halogens is 3. The summed E-state index contributed by atoms with van der Waals surface area (Å²) in [4.78, 5) is 7.51. The quantitative estimate of drug-likeness (QED) is 0.653. The monoisotopic (exact) mass is 363 g/mol. The summed E-state index contributed by atoms with van der Waals surface area (Å²) in [6, 6.07) is 6.72. The van der Waals surface area contributed by atoms with E-state index in [4.69, 9.17) is 5.26 Å². The standard InChI is InChI=1S/C15H12F3N7O/c1-20-13-10(15(16,17)18)6-21-14(23-13)22-8-2-3-9-11(5-19)24-25(7-26)12(9)4-8/h2-4,6,26H,7H2,1H3,(H2,20,21,22,23). The molecule has 3 rings (SSSR count). The smallest absolute Gasteiger partial charge is 0.374 e. The van der Waals surface area contributed by atoms with Crippen molar-refractivity contribution in [3.63, 3.8) is 0 Å². The van der Waals surface area contributed by atoms with E-state index in [2.05, 4.69) is 25.7 Å². The summed E-state index contributed by atoms with van der Waals surface area (Å²) in [6.45, 7) is -0.428. The van der Waals surface area contributed by atoms with Gasteiger partial charge in [0.2, 0.25) is 5.95 Å². The molecule has 2 heterocycles. The number of hydrogen-bond donors (Lipinski definition) is 3. The van der Waals surface area contributed by atoms with Crippen molar-refractivity contribution in [1.82, 2.24) is 19.7 Å². The van der Waals surface area contributed by atoms with Crippen LogP contribution in [0.25, 0.3) is 10.9 Å². The van der Waals surface area contributed by atoms with Crippen LogP contribution >= 0.6 is 0 Å². The van der Waals surface area contributed by atoms with Crippen molar-refractivity contribution in [2.24, 2.45) is 0 Å². The average Bonchev–Trinajstić information content (AvgIpc) is 2.97. The van der Waals surface area contributed by atoms with Gasteiger partial charge in [0.15, 0.2) is 5.69 Å². The van der Waals surface area contributed by atoms with Gasteiger partial charge in [-0.25, -0.2) is 9.67 Å². The summed E-state index contributed by atoms with van der Waals surface area (Å²) in [7, 11) is 1.33. The second-order valence-electron chi connectivity index (χ2n) is 5.16. The van der Waals surface area contributed by atoms with Gasteiger partial charge in [-0.05, 0) is 18.2 Å². The van der Waals surface area contributed by atoms with E-state index in [9.17, 15) is 18.3 Å². The molecule has 0 saturated heterocycles. The lowest BCUT2D eigenvalue weighted by molar-refractivity contribution is -0.137. The zero-order valence-corrected chi connectivity index (χ0v) is 13.3. The van der Waals surface area contributed by atoms with Crippen LogP contribution in [-0.2, 0) is 12.9 Å². The number of hydrogen-bond acceptors (Lipinski definition) is 7. The fourth-order valence-electron chi connectivity index (χ4n) is 2.41. The van der Waals surface area contributed by atoms with Crippen LogP contribution in [0.4, 0.5) is 30.6 Å². The first kappa shape index (κ1) is 17.4. The van der Waals surface area contributed by atoms with Crippen molar-refractivity contribution in [3.05, 3.63) is 35.7 Å². The molecule has 0 aliphatic heterocycles. The zero-order chi connectivity index (χ0) is 18.9. The van der Waals surface area contributed by atoms with Gasteiger partial charge in [0.05, 0.1) is 5.52 Å². The van der Waals surface area contributed by atoms with E-state index in [-0.39, 0.29) is 17.5 Å². The van der Waals surface area contributed by atoms with E-state index >= 15 is 0 Å². The second-order valence-corrected chi connectivity index (χ2v) is 5.16. The molecule has 26 heavy (non-hydrogen) atoms. The predicted octanol–water partition coefficient (Wildman–Crippen LogP) is 2.45. The Kier molecular flexibility index (Phi) is 4.35. The number of benzene rings is 1. The molecule has 134 valence electrons. The number of aliphatic hydroxyl groups is 1. The Hall–Kier alpha value is -3.39. The fourth-order valence-corrected chi connectivity index (χ4v) is 2.41. The fraction of sp³-hybridized carbons (Fsp3) is 0.200. The first-order valence-electron chi connectivity index (χ1n) is 7.28. The van der Waals surface area contributed by atoms with Crippen molar-refractivity contribution in [2.45, 2.75) is 12.9 Å². The number of nitriles is 1. The average molecular weight is 363 g/mol. The van der Waals surface area contributed by atoms with Crippen molar-refractivity contribution >= 4 is 28.4 Å². The van der Waals surface area contributed by atoms with Crippen molar-refractivity contribution in [2.75, 3.05) is 17.7 Å². The molecule has 0 fully saturated rings. The molecule has 0 spiro atoms. The number of aliphatic hydroxyl groups excluding tert-OH is 1. The normalized spacial score (nSPS) is 11.4. The Labute approximate surface area is 144 Å². The third-order valence-corrected chi connectivity index (χ3v) is 3.58. The summed E-state index contributed by atoms with van der Waals surface area (Å²) in [5, 5.41) is 28.1. The topological polar surface area (TPSA) is 112 Å². The van der Waals surface area contributed by atoms with E-state index < -0.39 is 18.5 Å². The van der Waals surface area contributed by atoms with E-state index in [1.165, 1.54) is 11.7 Å². The number of anilines is 3. The number of fused-ring (bicyclic) bond motifs is 1. The van der Waals surface area contributed by atoms with Crippen LogP contribution in [0.2, 0.25) is 0 Å². The maximum Gasteiger partial charge on any atom is 0.421 e. The Bertz CT molecular complexity index is 1010. The Balaban J connectivity index is 1.98. The molecular formula is C15H12F3N7O. The zero-order valence-electron chi connectivity index (χ0n) is 13.3. The SMILES string of the molecule is CNc1nc(Nc2ccc3c(C#N)nn(CO)c3c2)ncc1C(F)(F)F. The summed E-state index contributed by atoms with van der Waals surface area (Å²) in [5.41, 5.74) is 0.120. The minimum atomic E-state index is -4.57. The molecule has 3 aromatic rings. The second kappa shape index (κ2) is 6.49. The summed E-state index contributed by atoms with van der Waals surface area (Å²) in [5.74, 6) is -0.402. The van der Waals surface area contributed by atoms with Crippen LogP contribution in [0.1, 0.15) is 11.3 Å². The lowest BCUT2D eigenvalue weighted by atomic mass is 10.2. The van der Waals surface area contributed by atoms with Crippen LogP contribution < -0.4 is 10.6 Å².